The zero-order valence-electron chi connectivity index (χ0n) is 17.5. The number of carbonyl (C=O) groups is 3. The maximum absolute atomic E-state index is 12.6. The van der Waals surface area contributed by atoms with Gasteiger partial charge in [-0.25, -0.2) is 4.79 Å². The van der Waals surface area contributed by atoms with Crippen molar-refractivity contribution < 1.29 is 14.4 Å². The van der Waals surface area contributed by atoms with Gasteiger partial charge in [-0.2, -0.15) is 0 Å². The first-order chi connectivity index (χ1) is 13.7. The van der Waals surface area contributed by atoms with E-state index in [0.29, 0.717) is 11.3 Å². The molecule has 154 valence electrons. The predicted octanol–water partition coefficient (Wildman–Crippen LogP) is 3.54. The van der Waals surface area contributed by atoms with Gasteiger partial charge >= 0.3 is 6.03 Å². The molecule has 3 N–H and O–H groups in total. The van der Waals surface area contributed by atoms with Gasteiger partial charge in [-0.3, -0.25) is 9.59 Å². The highest BCUT2D eigenvalue weighted by molar-refractivity contribution is 6.00. The number of aryl methyl sites for hydroxylation is 2. The van der Waals surface area contributed by atoms with Crippen molar-refractivity contribution in [2.45, 2.75) is 33.7 Å². The smallest absolute Gasteiger partial charge is 0.319 e. The van der Waals surface area contributed by atoms with Crippen LogP contribution in [0.2, 0.25) is 0 Å². The summed E-state index contributed by atoms with van der Waals surface area (Å²) in [6.07, 6.45) is 0. The summed E-state index contributed by atoms with van der Waals surface area (Å²) in [5, 5.41) is 8.30. The van der Waals surface area contributed by atoms with Crippen LogP contribution >= 0.6 is 0 Å². The molecule has 0 spiro atoms. The van der Waals surface area contributed by atoms with Crippen LogP contribution in [0, 0.1) is 13.8 Å². The zero-order chi connectivity index (χ0) is 21.6. The van der Waals surface area contributed by atoms with E-state index in [2.05, 4.69) is 16.0 Å². The van der Waals surface area contributed by atoms with Crippen LogP contribution in [0.1, 0.15) is 35.3 Å². The molecule has 0 aromatic heterocycles. The quantitative estimate of drug-likeness (QED) is 0.697. The average molecular weight is 396 g/mol. The number of rotatable bonds is 6. The van der Waals surface area contributed by atoms with Crippen LogP contribution in [0.15, 0.2) is 42.5 Å². The van der Waals surface area contributed by atoms with Gasteiger partial charge in [-0.1, -0.05) is 18.2 Å². The van der Waals surface area contributed by atoms with Crippen LogP contribution in [-0.4, -0.2) is 42.4 Å². The summed E-state index contributed by atoms with van der Waals surface area (Å²) >= 11 is 0. The molecule has 0 aliphatic carbocycles. The second-order valence-electron chi connectivity index (χ2n) is 7.31. The highest BCUT2D eigenvalue weighted by Crippen LogP contribution is 2.19. The fourth-order valence-corrected chi connectivity index (χ4v) is 2.82. The number of likely N-dealkylation sites (N-methyl/N-ethyl adjacent to an activating group) is 1. The van der Waals surface area contributed by atoms with Crippen molar-refractivity contribution in [3.8, 4) is 0 Å². The Bertz CT molecular complexity index is 871. The monoisotopic (exact) mass is 396 g/mol. The number of hydrogen-bond acceptors (Lipinski definition) is 3. The van der Waals surface area contributed by atoms with Crippen LogP contribution in [0.25, 0.3) is 0 Å². The molecule has 0 saturated carbocycles. The van der Waals surface area contributed by atoms with Crippen LogP contribution in [0.4, 0.5) is 16.2 Å². The number of hydrogen-bond donors (Lipinski definition) is 3. The average Bonchev–Trinajstić information content (AvgIpc) is 2.64. The summed E-state index contributed by atoms with van der Waals surface area (Å²) in [5.41, 5.74) is 3.72. The fraction of sp³-hybridized carbons (Fsp3) is 0.318. The molecule has 29 heavy (non-hydrogen) atoms. The zero-order valence-corrected chi connectivity index (χ0v) is 17.5. The van der Waals surface area contributed by atoms with E-state index in [-0.39, 0.29) is 30.4 Å². The number of nitrogens with one attached hydrogen (secondary N) is 3. The lowest BCUT2D eigenvalue weighted by Crippen LogP contribution is -2.35. The number of nitrogens with zero attached hydrogens (tertiary/aromatic N) is 1. The van der Waals surface area contributed by atoms with E-state index in [1.807, 2.05) is 45.9 Å². The Morgan fingerprint density at radius 2 is 1.52 bits per heavy atom. The molecule has 0 fully saturated rings. The summed E-state index contributed by atoms with van der Waals surface area (Å²) < 4.78 is 0. The minimum Gasteiger partial charge on any atom is -0.336 e. The molecular weight excluding hydrogens is 368 g/mol. The largest absolute Gasteiger partial charge is 0.336 e. The lowest BCUT2D eigenvalue weighted by Gasteiger charge is -2.18. The third-order valence-corrected chi connectivity index (χ3v) is 4.28. The Morgan fingerprint density at radius 1 is 0.931 bits per heavy atom. The van der Waals surface area contributed by atoms with Gasteiger partial charge in [-0.15, -0.1) is 0 Å². The van der Waals surface area contributed by atoms with Crippen molar-refractivity contribution in [1.29, 1.82) is 0 Å². The van der Waals surface area contributed by atoms with Crippen LogP contribution < -0.4 is 16.0 Å². The van der Waals surface area contributed by atoms with E-state index in [0.717, 1.165) is 16.8 Å². The normalized spacial score (nSPS) is 10.4. The van der Waals surface area contributed by atoms with Crippen molar-refractivity contribution in [2.75, 3.05) is 24.2 Å². The topological polar surface area (TPSA) is 90.5 Å². The summed E-state index contributed by atoms with van der Waals surface area (Å²) in [7, 11) is 1.58. The molecule has 0 saturated heterocycles. The van der Waals surface area contributed by atoms with Crippen LogP contribution in [0.3, 0.4) is 0 Å². The SMILES string of the molecule is Cc1cccc(C)c1NC(=O)CN(C)C(=O)c1ccc(NC(=O)NC(C)C)cc1. The first-order valence-corrected chi connectivity index (χ1v) is 9.46. The third-order valence-electron chi connectivity index (χ3n) is 4.28. The lowest BCUT2D eigenvalue weighted by atomic mass is 10.1. The first-order valence-electron chi connectivity index (χ1n) is 9.46. The molecule has 2 aromatic rings. The Morgan fingerprint density at radius 3 is 2.07 bits per heavy atom. The number of carbonyl (C=O) groups excluding carboxylic acids is 3. The molecule has 0 aliphatic rings. The van der Waals surface area contributed by atoms with Gasteiger partial charge in [0.25, 0.3) is 5.91 Å². The number of amides is 4. The number of urea groups is 1. The predicted molar refractivity (Wildman–Crippen MR) is 115 cm³/mol. The second kappa shape index (κ2) is 9.73. The van der Waals surface area contributed by atoms with Gasteiger partial charge in [0.05, 0.1) is 6.54 Å². The number of anilines is 2. The minimum atomic E-state index is -0.306. The first kappa shape index (κ1) is 21.9. The van der Waals surface area contributed by atoms with Crippen molar-refractivity contribution in [3.05, 3.63) is 59.2 Å². The van der Waals surface area contributed by atoms with Crippen LogP contribution in [-0.2, 0) is 4.79 Å². The second-order valence-corrected chi connectivity index (χ2v) is 7.31. The van der Waals surface area contributed by atoms with E-state index in [4.69, 9.17) is 0 Å². The molecule has 0 unspecified atom stereocenters. The summed E-state index contributed by atoms with van der Waals surface area (Å²) in [5.74, 6) is -0.540. The van der Waals surface area contributed by atoms with E-state index in [9.17, 15) is 14.4 Å². The molecule has 0 atom stereocenters. The highest BCUT2D eigenvalue weighted by Gasteiger charge is 2.16. The maximum atomic E-state index is 12.6. The Balaban J connectivity index is 1.95. The molecule has 7 heteroatoms. The van der Waals surface area contributed by atoms with Crippen molar-refractivity contribution >= 4 is 29.2 Å². The van der Waals surface area contributed by atoms with Gasteiger partial charge in [0.2, 0.25) is 5.91 Å². The lowest BCUT2D eigenvalue weighted by molar-refractivity contribution is -0.116. The molecule has 0 radical (unpaired) electrons. The van der Waals surface area contributed by atoms with Crippen LogP contribution in [0.5, 0.6) is 0 Å². The molecule has 2 aromatic carbocycles. The standard InChI is InChI=1S/C22H28N4O3/c1-14(2)23-22(29)24-18-11-9-17(10-12-18)21(28)26(5)13-19(27)25-20-15(3)7-6-8-16(20)4/h6-12,14H,13H2,1-5H3,(H,25,27)(H2,23,24,29). The molecule has 4 amide bonds. The van der Waals surface area contributed by atoms with Gasteiger partial charge in [-0.05, 0) is 63.1 Å². The third kappa shape index (κ3) is 6.34. The molecule has 0 heterocycles. The highest BCUT2D eigenvalue weighted by atomic mass is 16.2. The summed E-state index contributed by atoms with van der Waals surface area (Å²) in [4.78, 5) is 38.0. The summed E-state index contributed by atoms with van der Waals surface area (Å²) in [6, 6.07) is 12.0. The van der Waals surface area contributed by atoms with Crippen molar-refractivity contribution in [2.24, 2.45) is 0 Å². The Labute approximate surface area is 171 Å². The number of benzene rings is 2. The Kier molecular flexibility index (Phi) is 7.36. The maximum Gasteiger partial charge on any atom is 0.319 e. The molecule has 2 rings (SSSR count). The van der Waals surface area contributed by atoms with E-state index in [1.165, 1.54) is 4.90 Å². The van der Waals surface area contributed by atoms with Crippen molar-refractivity contribution in [1.82, 2.24) is 10.2 Å². The molecular formula is C22H28N4O3. The van der Waals surface area contributed by atoms with E-state index < -0.39 is 0 Å². The van der Waals surface area contributed by atoms with E-state index in [1.54, 1.807) is 31.3 Å². The summed E-state index contributed by atoms with van der Waals surface area (Å²) in [6.45, 7) is 7.52. The van der Waals surface area contributed by atoms with Crippen molar-refractivity contribution in [3.63, 3.8) is 0 Å². The molecule has 0 aliphatic heterocycles. The minimum absolute atomic E-state index is 0.0270. The van der Waals surface area contributed by atoms with Gasteiger partial charge in [0, 0.05) is 30.0 Å². The molecule has 7 nitrogen and oxygen atoms in total. The number of para-hydroxylation sites is 1. The van der Waals surface area contributed by atoms with E-state index >= 15 is 0 Å². The van der Waals surface area contributed by atoms with Gasteiger partial charge in [0.15, 0.2) is 0 Å². The van der Waals surface area contributed by atoms with Gasteiger partial charge < -0.3 is 20.9 Å². The molecule has 0 bridgehead atoms. The fourth-order valence-electron chi connectivity index (χ4n) is 2.82. The van der Waals surface area contributed by atoms with Gasteiger partial charge in [0.1, 0.15) is 0 Å². The Hall–Kier alpha value is -3.35.